The predicted octanol–water partition coefficient (Wildman–Crippen LogP) is 3.34. The largest absolute Gasteiger partial charge is 0.389 e. The van der Waals surface area contributed by atoms with Gasteiger partial charge in [-0.05, 0) is 54.9 Å². The molecule has 0 aliphatic rings. The zero-order valence-corrected chi connectivity index (χ0v) is 13.0. The fraction of sp³-hybridized carbons (Fsp3) is 0.462. The van der Waals surface area contributed by atoms with Crippen LogP contribution in [-0.2, 0) is 0 Å². The van der Waals surface area contributed by atoms with Crippen LogP contribution in [0.15, 0.2) is 22.7 Å². The van der Waals surface area contributed by atoms with Crippen LogP contribution < -0.4 is 0 Å². The highest BCUT2D eigenvalue weighted by Crippen LogP contribution is 2.23. The van der Waals surface area contributed by atoms with Crippen molar-refractivity contribution in [2.75, 3.05) is 13.1 Å². The monoisotopic (exact) mass is 333 g/mol. The first-order valence-corrected chi connectivity index (χ1v) is 6.88. The van der Waals surface area contributed by atoms with Crippen molar-refractivity contribution < 1.29 is 9.90 Å². The fourth-order valence-corrected chi connectivity index (χ4v) is 2.48. The zero-order valence-electron chi connectivity index (χ0n) is 10.7. The highest BCUT2D eigenvalue weighted by molar-refractivity contribution is 9.10. The van der Waals surface area contributed by atoms with Crippen LogP contribution in [0.3, 0.4) is 0 Å². The molecular weight excluding hydrogens is 318 g/mol. The van der Waals surface area contributed by atoms with Crippen molar-refractivity contribution in [2.24, 2.45) is 0 Å². The molecule has 0 heterocycles. The fourth-order valence-electron chi connectivity index (χ4n) is 1.63. The molecule has 5 heteroatoms. The van der Waals surface area contributed by atoms with Gasteiger partial charge < -0.3 is 10.0 Å². The van der Waals surface area contributed by atoms with Crippen molar-refractivity contribution >= 4 is 33.4 Å². The van der Waals surface area contributed by atoms with E-state index in [1.165, 1.54) is 0 Å². The Labute approximate surface area is 121 Å². The van der Waals surface area contributed by atoms with E-state index in [0.29, 0.717) is 21.6 Å². The second kappa shape index (κ2) is 6.04. The smallest absolute Gasteiger partial charge is 0.255 e. The summed E-state index contributed by atoms with van der Waals surface area (Å²) in [6.45, 7) is 6.07. The molecule has 1 aromatic carbocycles. The number of likely N-dealkylation sites (N-methyl/N-ethyl adjacent to an activating group) is 1. The van der Waals surface area contributed by atoms with E-state index in [9.17, 15) is 9.90 Å². The number of carbonyl (C=O) groups is 1. The Balaban J connectivity index is 2.97. The molecule has 0 saturated carbocycles. The van der Waals surface area contributed by atoms with E-state index in [1.54, 1.807) is 36.9 Å². The molecule has 100 valence electrons. The molecule has 0 unspecified atom stereocenters. The number of aliphatic hydroxyl groups is 1. The third-order valence-corrected chi connectivity index (χ3v) is 3.30. The normalized spacial score (nSPS) is 11.4. The summed E-state index contributed by atoms with van der Waals surface area (Å²) < 4.78 is 0.661. The number of hydrogen-bond acceptors (Lipinski definition) is 2. The first-order valence-electron chi connectivity index (χ1n) is 5.71. The minimum Gasteiger partial charge on any atom is -0.389 e. The molecule has 3 nitrogen and oxygen atoms in total. The van der Waals surface area contributed by atoms with Crippen LogP contribution in [-0.4, -0.2) is 34.6 Å². The van der Waals surface area contributed by atoms with Crippen LogP contribution in [0.1, 0.15) is 31.1 Å². The molecule has 0 spiro atoms. The Kier molecular flexibility index (Phi) is 5.20. The van der Waals surface area contributed by atoms with Gasteiger partial charge in [0.2, 0.25) is 0 Å². The van der Waals surface area contributed by atoms with Gasteiger partial charge in [0.05, 0.1) is 11.2 Å². The van der Waals surface area contributed by atoms with E-state index in [1.807, 2.05) is 6.92 Å². The van der Waals surface area contributed by atoms with Gasteiger partial charge in [-0.25, -0.2) is 0 Å². The first-order chi connectivity index (χ1) is 8.24. The average Bonchev–Trinajstić information content (AvgIpc) is 2.24. The van der Waals surface area contributed by atoms with Gasteiger partial charge in [0.1, 0.15) is 0 Å². The maximum Gasteiger partial charge on any atom is 0.255 e. The number of carbonyl (C=O) groups excluding carboxylic acids is 1. The minimum atomic E-state index is -0.912. The number of amides is 1. The van der Waals surface area contributed by atoms with Gasteiger partial charge in [0.15, 0.2) is 0 Å². The maximum atomic E-state index is 12.3. The molecule has 0 radical (unpaired) electrons. The molecule has 0 aliphatic heterocycles. The Morgan fingerprint density at radius 1 is 1.50 bits per heavy atom. The topological polar surface area (TPSA) is 40.5 Å². The SMILES string of the molecule is CCN(CC(C)(C)O)C(=O)c1ccc(Cl)cc1Br. The van der Waals surface area contributed by atoms with Crippen molar-refractivity contribution in [3.8, 4) is 0 Å². The summed E-state index contributed by atoms with van der Waals surface area (Å²) in [6.07, 6.45) is 0. The van der Waals surface area contributed by atoms with Gasteiger partial charge in [-0.1, -0.05) is 11.6 Å². The number of benzene rings is 1. The van der Waals surface area contributed by atoms with Crippen molar-refractivity contribution in [2.45, 2.75) is 26.4 Å². The predicted molar refractivity (Wildman–Crippen MR) is 77.0 cm³/mol. The van der Waals surface area contributed by atoms with Gasteiger partial charge in [-0.3, -0.25) is 4.79 Å². The number of halogens is 2. The molecule has 0 atom stereocenters. The third kappa shape index (κ3) is 4.26. The summed E-state index contributed by atoms with van der Waals surface area (Å²) in [5, 5.41) is 10.4. The van der Waals surface area contributed by atoms with E-state index in [0.717, 1.165) is 0 Å². The second-order valence-corrected chi connectivity index (χ2v) is 6.05. The molecule has 1 rings (SSSR count). The lowest BCUT2D eigenvalue weighted by Crippen LogP contribution is -2.42. The van der Waals surface area contributed by atoms with Crippen molar-refractivity contribution in [3.05, 3.63) is 33.3 Å². The van der Waals surface area contributed by atoms with Gasteiger partial charge in [-0.15, -0.1) is 0 Å². The summed E-state index contributed by atoms with van der Waals surface area (Å²) in [5.41, 5.74) is -0.365. The Hall–Kier alpha value is -0.580. The van der Waals surface area contributed by atoms with Crippen LogP contribution >= 0.6 is 27.5 Å². The highest BCUT2D eigenvalue weighted by atomic mass is 79.9. The number of hydrogen-bond donors (Lipinski definition) is 1. The van der Waals surface area contributed by atoms with Gasteiger partial charge >= 0.3 is 0 Å². The molecule has 18 heavy (non-hydrogen) atoms. The molecule has 1 amide bonds. The van der Waals surface area contributed by atoms with Crippen LogP contribution in [0.5, 0.6) is 0 Å². The van der Waals surface area contributed by atoms with Crippen LogP contribution in [0.25, 0.3) is 0 Å². The Bertz CT molecular complexity index is 443. The standard InChI is InChI=1S/C13H17BrClNO2/c1-4-16(8-13(2,3)18)12(17)10-6-5-9(15)7-11(10)14/h5-7,18H,4,8H2,1-3H3. The van der Waals surface area contributed by atoms with E-state index in [4.69, 9.17) is 11.6 Å². The summed E-state index contributed by atoms with van der Waals surface area (Å²) in [6, 6.07) is 5.05. The average molecular weight is 335 g/mol. The summed E-state index contributed by atoms with van der Waals surface area (Å²) in [5.74, 6) is -0.122. The van der Waals surface area contributed by atoms with E-state index in [2.05, 4.69) is 15.9 Å². The lowest BCUT2D eigenvalue weighted by atomic mass is 10.1. The van der Waals surface area contributed by atoms with Crippen LogP contribution in [0, 0.1) is 0 Å². The summed E-state index contributed by atoms with van der Waals surface area (Å²) in [4.78, 5) is 13.9. The molecule has 0 aromatic heterocycles. The zero-order chi connectivity index (χ0) is 13.9. The Morgan fingerprint density at radius 2 is 2.11 bits per heavy atom. The van der Waals surface area contributed by atoms with Crippen LogP contribution in [0.2, 0.25) is 5.02 Å². The quantitative estimate of drug-likeness (QED) is 0.917. The van der Waals surface area contributed by atoms with Gasteiger partial charge in [0.25, 0.3) is 5.91 Å². The number of rotatable bonds is 4. The van der Waals surface area contributed by atoms with Crippen molar-refractivity contribution in [3.63, 3.8) is 0 Å². The molecule has 1 N–H and O–H groups in total. The first kappa shape index (κ1) is 15.5. The molecule has 0 bridgehead atoms. The molecule has 0 aliphatic carbocycles. The maximum absolute atomic E-state index is 12.3. The van der Waals surface area contributed by atoms with Crippen LogP contribution in [0.4, 0.5) is 0 Å². The lowest BCUT2D eigenvalue weighted by molar-refractivity contribution is 0.0314. The Morgan fingerprint density at radius 3 is 2.56 bits per heavy atom. The molecular formula is C13H17BrClNO2. The number of nitrogens with zero attached hydrogens (tertiary/aromatic N) is 1. The van der Waals surface area contributed by atoms with E-state index in [-0.39, 0.29) is 12.5 Å². The highest BCUT2D eigenvalue weighted by Gasteiger charge is 2.23. The molecule has 0 saturated heterocycles. The molecule has 1 aromatic rings. The van der Waals surface area contributed by atoms with E-state index >= 15 is 0 Å². The van der Waals surface area contributed by atoms with Gasteiger partial charge in [0, 0.05) is 22.6 Å². The van der Waals surface area contributed by atoms with Gasteiger partial charge in [-0.2, -0.15) is 0 Å². The summed E-state index contributed by atoms with van der Waals surface area (Å²) >= 11 is 9.18. The second-order valence-electron chi connectivity index (χ2n) is 4.76. The lowest BCUT2D eigenvalue weighted by Gasteiger charge is -2.28. The van der Waals surface area contributed by atoms with E-state index < -0.39 is 5.60 Å². The summed E-state index contributed by atoms with van der Waals surface area (Å²) in [7, 11) is 0. The minimum absolute atomic E-state index is 0.122. The van der Waals surface area contributed by atoms with Crippen molar-refractivity contribution in [1.29, 1.82) is 0 Å². The third-order valence-electron chi connectivity index (χ3n) is 2.41. The molecule has 0 fully saturated rings. The van der Waals surface area contributed by atoms with Crippen molar-refractivity contribution in [1.82, 2.24) is 4.90 Å².